The van der Waals surface area contributed by atoms with Crippen LogP contribution in [0.25, 0.3) is 0 Å². The molecule has 110 valence electrons. The van der Waals surface area contributed by atoms with Crippen molar-refractivity contribution >= 4 is 11.8 Å². The molecule has 3 rings (SSSR count). The van der Waals surface area contributed by atoms with Gasteiger partial charge in [0.15, 0.2) is 5.82 Å². The zero-order chi connectivity index (χ0) is 15.0. The van der Waals surface area contributed by atoms with E-state index in [2.05, 4.69) is 20.6 Å². The molecule has 2 aromatic rings. The molecule has 7 nitrogen and oxygen atoms in total. The van der Waals surface area contributed by atoms with Crippen LogP contribution in [0.2, 0.25) is 0 Å². The fourth-order valence-corrected chi connectivity index (χ4v) is 2.44. The fourth-order valence-electron chi connectivity index (χ4n) is 2.44. The second-order valence-electron chi connectivity index (χ2n) is 5.97. The first-order valence-electron chi connectivity index (χ1n) is 6.79. The van der Waals surface area contributed by atoms with Gasteiger partial charge in [-0.3, -0.25) is 4.90 Å². The average molecular weight is 287 g/mol. The molecule has 0 spiro atoms. The SMILES string of the molecule is CC(C)(C)OC(=O)N1c2ccccc2CC1c1nn[nH]n1. The fraction of sp³-hybridized carbons (Fsp3) is 0.429. The lowest BCUT2D eigenvalue weighted by Crippen LogP contribution is -2.38. The minimum Gasteiger partial charge on any atom is -0.443 e. The van der Waals surface area contributed by atoms with E-state index in [1.807, 2.05) is 45.0 Å². The van der Waals surface area contributed by atoms with Gasteiger partial charge in [0.05, 0.1) is 5.69 Å². The van der Waals surface area contributed by atoms with E-state index in [-0.39, 0.29) is 6.04 Å². The lowest BCUT2D eigenvalue weighted by molar-refractivity contribution is 0.0568. The van der Waals surface area contributed by atoms with Gasteiger partial charge in [-0.25, -0.2) is 4.79 Å². The molecule has 0 bridgehead atoms. The molecule has 0 saturated heterocycles. The maximum absolute atomic E-state index is 12.5. The number of rotatable bonds is 1. The molecule has 1 aromatic carbocycles. The number of amides is 1. The molecule has 2 heterocycles. The predicted octanol–water partition coefficient (Wildman–Crippen LogP) is 2.24. The number of benzene rings is 1. The normalized spacial score (nSPS) is 17.7. The number of carbonyl (C=O) groups is 1. The summed E-state index contributed by atoms with van der Waals surface area (Å²) in [4.78, 5) is 14.1. The zero-order valence-corrected chi connectivity index (χ0v) is 12.2. The molecule has 1 unspecified atom stereocenters. The Kier molecular flexibility index (Phi) is 3.12. The minimum absolute atomic E-state index is 0.295. The Morgan fingerprint density at radius 2 is 2.14 bits per heavy atom. The summed E-state index contributed by atoms with van der Waals surface area (Å²) in [5, 5.41) is 14.0. The lowest BCUT2D eigenvalue weighted by Gasteiger charge is -2.27. The molecule has 1 N–H and O–H groups in total. The highest BCUT2D eigenvalue weighted by atomic mass is 16.6. The van der Waals surface area contributed by atoms with Crippen molar-refractivity contribution in [2.45, 2.75) is 38.8 Å². The molecule has 1 atom stereocenters. The Morgan fingerprint density at radius 3 is 2.81 bits per heavy atom. The number of aromatic amines is 1. The van der Waals surface area contributed by atoms with E-state index in [4.69, 9.17) is 4.74 Å². The van der Waals surface area contributed by atoms with E-state index < -0.39 is 11.7 Å². The van der Waals surface area contributed by atoms with Crippen molar-refractivity contribution < 1.29 is 9.53 Å². The number of anilines is 1. The highest BCUT2D eigenvalue weighted by Gasteiger charge is 2.39. The number of fused-ring (bicyclic) bond motifs is 1. The van der Waals surface area contributed by atoms with Crippen molar-refractivity contribution in [1.82, 2.24) is 20.6 Å². The summed E-state index contributed by atoms with van der Waals surface area (Å²) in [6.07, 6.45) is 0.247. The van der Waals surface area contributed by atoms with E-state index in [1.54, 1.807) is 4.90 Å². The molecule has 1 aliphatic heterocycles. The highest BCUT2D eigenvalue weighted by molar-refractivity contribution is 5.91. The number of H-pyrrole nitrogens is 1. The van der Waals surface area contributed by atoms with Gasteiger partial charge in [0, 0.05) is 6.42 Å². The Balaban J connectivity index is 1.97. The van der Waals surface area contributed by atoms with Crippen molar-refractivity contribution in [2.24, 2.45) is 0 Å². The number of hydrogen-bond donors (Lipinski definition) is 1. The molecule has 1 amide bonds. The number of hydrogen-bond acceptors (Lipinski definition) is 5. The standard InChI is InChI=1S/C14H17N5O2/c1-14(2,3)21-13(20)19-10-7-5-4-6-9(10)8-11(19)12-15-17-18-16-12/h4-7,11H,8H2,1-3H3,(H,15,16,17,18). The molecule has 21 heavy (non-hydrogen) atoms. The average Bonchev–Trinajstić information content (AvgIpc) is 3.03. The molecular formula is C14H17N5O2. The second-order valence-corrected chi connectivity index (χ2v) is 5.97. The van der Waals surface area contributed by atoms with E-state index in [9.17, 15) is 4.79 Å². The molecule has 0 saturated carbocycles. The maximum atomic E-state index is 12.5. The molecule has 0 radical (unpaired) electrons. The Hall–Kier alpha value is -2.44. The van der Waals surface area contributed by atoms with Crippen LogP contribution in [0, 0.1) is 0 Å². The third-order valence-corrected chi connectivity index (χ3v) is 3.23. The van der Waals surface area contributed by atoms with Crippen LogP contribution in [0.15, 0.2) is 24.3 Å². The summed E-state index contributed by atoms with van der Waals surface area (Å²) in [6, 6.07) is 7.45. The van der Waals surface area contributed by atoms with Crippen molar-refractivity contribution in [2.75, 3.05) is 4.90 Å². The summed E-state index contributed by atoms with van der Waals surface area (Å²) in [7, 11) is 0. The number of aromatic nitrogens is 4. The van der Waals surface area contributed by atoms with Crippen LogP contribution in [0.1, 0.15) is 38.2 Å². The first kappa shape index (κ1) is 13.5. The molecule has 0 aliphatic carbocycles. The number of carbonyl (C=O) groups excluding carboxylic acids is 1. The van der Waals surface area contributed by atoms with Crippen molar-refractivity contribution in [3.63, 3.8) is 0 Å². The van der Waals surface area contributed by atoms with Gasteiger partial charge in [-0.15, -0.1) is 10.2 Å². The van der Waals surface area contributed by atoms with E-state index in [0.717, 1.165) is 11.3 Å². The lowest BCUT2D eigenvalue weighted by atomic mass is 10.1. The van der Waals surface area contributed by atoms with Crippen LogP contribution >= 0.6 is 0 Å². The van der Waals surface area contributed by atoms with E-state index in [0.29, 0.717) is 12.2 Å². The molecule has 1 aromatic heterocycles. The molecule has 7 heteroatoms. The predicted molar refractivity (Wildman–Crippen MR) is 75.8 cm³/mol. The van der Waals surface area contributed by atoms with Crippen molar-refractivity contribution in [1.29, 1.82) is 0 Å². The van der Waals surface area contributed by atoms with Crippen LogP contribution in [0.3, 0.4) is 0 Å². The third-order valence-electron chi connectivity index (χ3n) is 3.23. The Labute approximate surface area is 122 Å². The van der Waals surface area contributed by atoms with Gasteiger partial charge in [-0.2, -0.15) is 5.21 Å². The number of tetrazole rings is 1. The summed E-state index contributed by atoms with van der Waals surface area (Å²) >= 11 is 0. The summed E-state index contributed by atoms with van der Waals surface area (Å²) in [5.74, 6) is 0.483. The number of nitrogens with zero attached hydrogens (tertiary/aromatic N) is 4. The van der Waals surface area contributed by atoms with Gasteiger partial charge in [0.1, 0.15) is 11.6 Å². The monoisotopic (exact) mass is 287 g/mol. The minimum atomic E-state index is -0.559. The topological polar surface area (TPSA) is 84.0 Å². The number of ether oxygens (including phenoxy) is 1. The van der Waals surface area contributed by atoms with Crippen LogP contribution in [0.5, 0.6) is 0 Å². The zero-order valence-electron chi connectivity index (χ0n) is 12.2. The van der Waals surface area contributed by atoms with Crippen LogP contribution < -0.4 is 4.90 Å². The first-order valence-corrected chi connectivity index (χ1v) is 6.79. The molecule has 0 fully saturated rings. The summed E-state index contributed by atoms with van der Waals surface area (Å²) < 4.78 is 5.51. The Bertz CT molecular complexity index is 648. The highest BCUT2D eigenvalue weighted by Crippen LogP contribution is 2.39. The molecular weight excluding hydrogens is 270 g/mol. The van der Waals surface area contributed by atoms with Crippen molar-refractivity contribution in [3.8, 4) is 0 Å². The van der Waals surface area contributed by atoms with Crippen molar-refractivity contribution in [3.05, 3.63) is 35.7 Å². The van der Waals surface area contributed by atoms with Gasteiger partial charge in [-0.1, -0.05) is 23.4 Å². The van der Waals surface area contributed by atoms with Gasteiger partial charge in [0.2, 0.25) is 0 Å². The maximum Gasteiger partial charge on any atom is 0.415 e. The number of para-hydroxylation sites is 1. The third kappa shape index (κ3) is 2.58. The first-order chi connectivity index (χ1) is 9.96. The van der Waals surface area contributed by atoms with Gasteiger partial charge < -0.3 is 4.74 Å². The van der Waals surface area contributed by atoms with Gasteiger partial charge in [0.25, 0.3) is 0 Å². The largest absolute Gasteiger partial charge is 0.443 e. The summed E-state index contributed by atoms with van der Waals surface area (Å²) in [5.41, 5.74) is 1.34. The van der Waals surface area contributed by atoms with Gasteiger partial charge >= 0.3 is 6.09 Å². The second kappa shape index (κ2) is 4.83. The quantitative estimate of drug-likeness (QED) is 0.869. The smallest absolute Gasteiger partial charge is 0.415 e. The van der Waals surface area contributed by atoms with Crippen LogP contribution in [-0.4, -0.2) is 32.3 Å². The molecule has 1 aliphatic rings. The Morgan fingerprint density at radius 1 is 1.38 bits per heavy atom. The van der Waals surface area contributed by atoms with Crippen LogP contribution in [-0.2, 0) is 11.2 Å². The van der Waals surface area contributed by atoms with Crippen LogP contribution in [0.4, 0.5) is 10.5 Å². The summed E-state index contributed by atoms with van der Waals surface area (Å²) in [6.45, 7) is 5.53. The van der Waals surface area contributed by atoms with Gasteiger partial charge in [-0.05, 0) is 32.4 Å². The van der Waals surface area contributed by atoms with E-state index >= 15 is 0 Å². The number of nitrogens with one attached hydrogen (secondary N) is 1. The van der Waals surface area contributed by atoms with E-state index in [1.165, 1.54) is 0 Å².